The zero-order valence-electron chi connectivity index (χ0n) is 23.4. The molecule has 199 valence electrons. The van der Waals surface area contributed by atoms with Crippen LogP contribution in [0.25, 0.3) is 0 Å². The van der Waals surface area contributed by atoms with Crippen LogP contribution >= 0.6 is 15.8 Å². The van der Waals surface area contributed by atoms with E-state index in [1.54, 1.807) is 0 Å². The Balaban J connectivity index is 1.48. The Morgan fingerprint density at radius 2 is 1.22 bits per heavy atom. The molecule has 0 fully saturated rings. The van der Waals surface area contributed by atoms with Gasteiger partial charge in [0, 0.05) is 17.3 Å². The van der Waals surface area contributed by atoms with E-state index < -0.39 is 15.8 Å². The summed E-state index contributed by atoms with van der Waals surface area (Å²) in [5.74, 6) is 0. The van der Waals surface area contributed by atoms with E-state index in [4.69, 9.17) is 0 Å². The summed E-state index contributed by atoms with van der Waals surface area (Å²) in [7, 11) is 2.83. The number of hydrogen-bond donors (Lipinski definition) is 0. The van der Waals surface area contributed by atoms with Crippen molar-refractivity contribution in [1.29, 1.82) is 0 Å². The molecule has 3 heteroatoms. The predicted octanol–water partition coefficient (Wildman–Crippen LogP) is 7.64. The Hall–Kier alpha value is -3.74. The summed E-state index contributed by atoms with van der Waals surface area (Å²) in [4.78, 5) is 2.33. The Morgan fingerprint density at radius 3 is 1.78 bits per heavy atom. The van der Waals surface area contributed by atoms with Crippen LogP contribution in [0.4, 0.5) is 0 Å². The van der Waals surface area contributed by atoms with Crippen molar-refractivity contribution >= 4 is 37.1 Å². The minimum atomic E-state index is -0.823. The lowest BCUT2D eigenvalue weighted by molar-refractivity contribution is 0.343. The van der Waals surface area contributed by atoms with Crippen LogP contribution in [0.1, 0.15) is 18.0 Å². The molecule has 6 rings (SSSR count). The maximum Gasteiger partial charge on any atom is 0.0696 e. The number of benzene rings is 4. The lowest BCUT2D eigenvalue weighted by Gasteiger charge is -2.33. The molecule has 2 atom stereocenters. The monoisotopic (exact) mass is 564 g/mol. The predicted molar refractivity (Wildman–Crippen MR) is 178 cm³/mol. The van der Waals surface area contributed by atoms with Crippen LogP contribution < -0.4 is 21.2 Å². The highest BCUT2D eigenvalue weighted by Crippen LogP contribution is 2.52. The van der Waals surface area contributed by atoms with Gasteiger partial charge in [0.1, 0.15) is 0 Å². The Bertz CT molecular complexity index is 1680. The highest BCUT2D eigenvalue weighted by Gasteiger charge is 2.33. The standard InChI is InChI=1S/C38H32NP2/c1-39(2)38(35-27-17-29-37(35)41(32-22-11-5-12-23-32)33-24-13-6-14-25-33)34-26-15-16-28-36(34)40(30-18-7-3-8-19-30)31-20-9-4-10-21-31/h3-16,18-20,22-26,28,38H,21H2,1-2H3/t38-,40?/m1/s1. The number of likely N-dealkylation sites (N-methyl/N-ethyl adjacent to an activating group) is 1. The summed E-state index contributed by atoms with van der Waals surface area (Å²) in [6.07, 6.45) is 9.91. The second-order valence-corrected chi connectivity index (χ2v) is 14.6. The highest BCUT2D eigenvalue weighted by atomic mass is 31.1. The van der Waals surface area contributed by atoms with E-state index in [0.29, 0.717) is 0 Å². The van der Waals surface area contributed by atoms with E-state index in [1.165, 1.54) is 37.4 Å². The Morgan fingerprint density at radius 1 is 0.659 bits per heavy atom. The molecule has 0 saturated carbocycles. The lowest BCUT2D eigenvalue weighted by atomic mass is 9.98. The van der Waals surface area contributed by atoms with Gasteiger partial charge in [0.2, 0.25) is 0 Å². The van der Waals surface area contributed by atoms with E-state index in [-0.39, 0.29) is 6.04 Å². The molecule has 0 heterocycles. The number of nitrogens with zero attached hydrogens (tertiary/aromatic N) is 1. The zero-order valence-corrected chi connectivity index (χ0v) is 25.2. The normalized spacial score (nSPS) is 15.6. The van der Waals surface area contributed by atoms with Crippen LogP contribution in [0.5, 0.6) is 0 Å². The molecule has 4 aromatic rings. The van der Waals surface area contributed by atoms with E-state index in [2.05, 4.69) is 176 Å². The molecular formula is C38H32NP2. The first-order valence-corrected chi connectivity index (χ1v) is 16.6. The van der Waals surface area contributed by atoms with Crippen LogP contribution in [-0.2, 0) is 0 Å². The maximum absolute atomic E-state index is 3.56. The Kier molecular flexibility index (Phi) is 8.59. The van der Waals surface area contributed by atoms with Crippen LogP contribution in [0.15, 0.2) is 167 Å². The van der Waals surface area contributed by atoms with Crippen molar-refractivity contribution in [2.24, 2.45) is 0 Å². The molecule has 1 radical (unpaired) electrons. The average molecular weight is 565 g/mol. The molecule has 41 heavy (non-hydrogen) atoms. The van der Waals surface area contributed by atoms with Crippen molar-refractivity contribution in [2.75, 3.05) is 14.1 Å². The fourth-order valence-electron chi connectivity index (χ4n) is 5.54. The number of allylic oxidation sites excluding steroid dienone is 4. The fourth-order valence-corrected chi connectivity index (χ4v) is 10.5. The van der Waals surface area contributed by atoms with E-state index in [1.807, 2.05) is 0 Å². The lowest BCUT2D eigenvalue weighted by Crippen LogP contribution is -2.29. The summed E-state index contributed by atoms with van der Waals surface area (Å²) >= 11 is 0. The highest BCUT2D eigenvalue weighted by molar-refractivity contribution is 7.77. The molecule has 2 aliphatic rings. The summed E-state index contributed by atoms with van der Waals surface area (Å²) in [6.45, 7) is 0. The van der Waals surface area contributed by atoms with Gasteiger partial charge in [0.25, 0.3) is 0 Å². The molecule has 0 aliphatic heterocycles. The molecule has 0 spiro atoms. The van der Waals surface area contributed by atoms with Crippen LogP contribution in [0, 0.1) is 6.42 Å². The molecule has 0 N–H and O–H groups in total. The number of rotatable bonds is 9. The quantitative estimate of drug-likeness (QED) is 0.149. The van der Waals surface area contributed by atoms with Gasteiger partial charge in [-0.05, 0) is 74.2 Å². The second-order valence-electron chi connectivity index (χ2n) is 10.2. The Labute approximate surface area is 246 Å². The molecule has 4 aromatic carbocycles. The van der Waals surface area contributed by atoms with Crippen molar-refractivity contribution in [3.05, 3.63) is 179 Å². The van der Waals surface area contributed by atoms with Crippen LogP contribution in [-0.4, -0.2) is 19.0 Å². The molecular weight excluding hydrogens is 532 g/mol. The van der Waals surface area contributed by atoms with Gasteiger partial charge in [0.15, 0.2) is 0 Å². The van der Waals surface area contributed by atoms with Crippen molar-refractivity contribution in [3.8, 4) is 0 Å². The fraction of sp³-hybridized carbons (Fsp3) is 0.105. The van der Waals surface area contributed by atoms with Gasteiger partial charge >= 0.3 is 0 Å². The van der Waals surface area contributed by atoms with E-state index >= 15 is 0 Å². The van der Waals surface area contributed by atoms with E-state index in [0.717, 1.165) is 12.0 Å². The third kappa shape index (κ3) is 5.85. The van der Waals surface area contributed by atoms with Gasteiger partial charge in [-0.25, -0.2) is 0 Å². The molecule has 1 unspecified atom stereocenters. The van der Waals surface area contributed by atoms with Crippen LogP contribution in [0.2, 0.25) is 0 Å². The van der Waals surface area contributed by atoms with Gasteiger partial charge in [-0.15, -0.1) is 0 Å². The second kappa shape index (κ2) is 12.8. The van der Waals surface area contributed by atoms with Gasteiger partial charge in [-0.3, -0.25) is 4.90 Å². The topological polar surface area (TPSA) is 3.24 Å². The summed E-state index contributed by atoms with van der Waals surface area (Å²) < 4.78 is 0. The molecule has 2 aliphatic carbocycles. The molecule has 1 nitrogen and oxygen atoms in total. The van der Waals surface area contributed by atoms with Crippen molar-refractivity contribution < 1.29 is 0 Å². The maximum atomic E-state index is 3.56. The van der Waals surface area contributed by atoms with Crippen molar-refractivity contribution in [2.45, 2.75) is 12.5 Å². The molecule has 0 saturated heterocycles. The zero-order chi connectivity index (χ0) is 28.0. The van der Waals surface area contributed by atoms with Gasteiger partial charge in [0.05, 0.1) is 6.04 Å². The summed E-state index contributed by atoms with van der Waals surface area (Å²) in [5, 5.41) is 8.06. The molecule has 0 bridgehead atoms. The molecule has 0 aromatic heterocycles. The minimum absolute atomic E-state index is 0.0125. The molecule has 0 amide bonds. The number of hydrogen-bond acceptors (Lipinski definition) is 1. The summed E-state index contributed by atoms with van der Waals surface area (Å²) in [5.41, 5.74) is 12.9. The van der Waals surface area contributed by atoms with E-state index in [9.17, 15) is 0 Å². The first-order valence-electron chi connectivity index (χ1n) is 13.9. The third-order valence-corrected chi connectivity index (χ3v) is 12.4. The first-order chi connectivity index (χ1) is 20.2. The first kappa shape index (κ1) is 27.4. The minimum Gasteiger partial charge on any atom is -0.298 e. The summed E-state index contributed by atoms with van der Waals surface area (Å²) in [6, 6.07) is 41.8. The van der Waals surface area contributed by atoms with Gasteiger partial charge in [-0.2, -0.15) is 0 Å². The SMILES string of the molecule is CN(C)[C@@H](C1=C=C=C=C1P(c1ccccc1)c1ccccc1)c1ccccc1P(C1=C[CH]C=CC1)c1ccccc1. The average Bonchev–Trinajstić information content (AvgIpc) is 3.49. The van der Waals surface area contributed by atoms with Crippen LogP contribution in [0.3, 0.4) is 0 Å². The van der Waals surface area contributed by atoms with Gasteiger partial charge in [-0.1, -0.05) is 145 Å². The van der Waals surface area contributed by atoms with Crippen molar-refractivity contribution in [1.82, 2.24) is 4.90 Å². The van der Waals surface area contributed by atoms with Crippen molar-refractivity contribution in [3.63, 3.8) is 0 Å². The van der Waals surface area contributed by atoms with Gasteiger partial charge < -0.3 is 0 Å². The third-order valence-electron chi connectivity index (χ3n) is 7.31. The largest absolute Gasteiger partial charge is 0.298 e. The smallest absolute Gasteiger partial charge is 0.0696 e.